The van der Waals surface area contributed by atoms with E-state index in [0.29, 0.717) is 0 Å². The van der Waals surface area contributed by atoms with Crippen molar-refractivity contribution in [1.29, 1.82) is 0 Å². The highest BCUT2D eigenvalue weighted by molar-refractivity contribution is 5.84. The maximum Gasteiger partial charge on any atom is 0.0366 e. The molecule has 0 saturated heterocycles. The van der Waals surface area contributed by atoms with E-state index < -0.39 is 0 Å². The van der Waals surface area contributed by atoms with Crippen molar-refractivity contribution in [2.45, 2.75) is 130 Å². The lowest BCUT2D eigenvalue weighted by molar-refractivity contribution is 0.414. The topological polar surface area (TPSA) is 3.24 Å². The molecule has 1 aliphatic carbocycles. The molecular weight excluding hydrogens is 494 g/mol. The number of anilines is 1. The Morgan fingerprint density at radius 2 is 1.02 bits per heavy atom. The van der Waals surface area contributed by atoms with Gasteiger partial charge in [-0.05, 0) is 84.2 Å². The first-order valence-electron chi connectivity index (χ1n) is 17.2. The molecule has 1 aliphatic rings. The average Bonchev–Trinajstić information content (AvgIpc) is 3.26. The summed E-state index contributed by atoms with van der Waals surface area (Å²) in [6, 6.07) is 24.1. The first kappa shape index (κ1) is 31.4. The molecule has 0 fully saturated rings. The van der Waals surface area contributed by atoms with Crippen molar-refractivity contribution in [1.82, 2.24) is 0 Å². The molecule has 0 unspecified atom stereocenters. The highest BCUT2D eigenvalue weighted by Crippen LogP contribution is 2.55. The first-order valence-corrected chi connectivity index (χ1v) is 17.2. The molecule has 0 heterocycles. The Bertz CT molecular complexity index is 1180. The molecule has 0 aliphatic heterocycles. The van der Waals surface area contributed by atoms with Crippen LogP contribution in [0.1, 0.15) is 134 Å². The fraction of sp³-hybridized carbons (Fsp3) is 0.550. The van der Waals surface area contributed by atoms with Crippen LogP contribution in [0, 0.1) is 6.92 Å². The summed E-state index contributed by atoms with van der Waals surface area (Å²) < 4.78 is 0. The summed E-state index contributed by atoms with van der Waals surface area (Å²) in [5, 5.41) is 0. The second-order valence-corrected chi connectivity index (χ2v) is 12.8. The van der Waals surface area contributed by atoms with E-state index in [1.807, 2.05) is 0 Å². The summed E-state index contributed by atoms with van der Waals surface area (Å²) in [6.07, 6.45) is 18.1. The molecular formula is C40H57N. The van der Waals surface area contributed by atoms with E-state index in [0.717, 1.165) is 0 Å². The Morgan fingerprint density at radius 3 is 1.59 bits per heavy atom. The van der Waals surface area contributed by atoms with E-state index in [1.165, 1.54) is 136 Å². The van der Waals surface area contributed by atoms with Crippen molar-refractivity contribution in [2.24, 2.45) is 0 Å². The molecule has 0 bridgehead atoms. The van der Waals surface area contributed by atoms with Gasteiger partial charge >= 0.3 is 0 Å². The third kappa shape index (κ3) is 7.46. The number of aryl methyl sites for hydroxylation is 1. The van der Waals surface area contributed by atoms with Gasteiger partial charge in [0.15, 0.2) is 0 Å². The van der Waals surface area contributed by atoms with Crippen LogP contribution in [0.4, 0.5) is 5.69 Å². The SMILES string of the molecule is CCCCCCN(CCCCCC)c1ccc(-c2ccc3c(c2)C(CCCC)(CCCC)c2cc(C)ccc2-3)cc1. The third-order valence-electron chi connectivity index (χ3n) is 9.56. The van der Waals surface area contributed by atoms with E-state index >= 15 is 0 Å². The van der Waals surface area contributed by atoms with E-state index in [1.54, 1.807) is 11.1 Å². The molecule has 3 aromatic carbocycles. The highest BCUT2D eigenvalue weighted by Gasteiger charge is 2.42. The van der Waals surface area contributed by atoms with Gasteiger partial charge in [0, 0.05) is 24.2 Å². The van der Waals surface area contributed by atoms with E-state index in [2.05, 4.69) is 100 Å². The molecule has 0 atom stereocenters. The van der Waals surface area contributed by atoms with Crippen molar-refractivity contribution in [3.63, 3.8) is 0 Å². The molecule has 1 heteroatoms. The minimum absolute atomic E-state index is 0.145. The lowest BCUT2D eigenvalue weighted by Crippen LogP contribution is -2.25. The van der Waals surface area contributed by atoms with Crippen LogP contribution in [0.25, 0.3) is 22.3 Å². The standard InChI is InChI=1S/C40H57N/c1-6-10-14-16-28-41(29-17-15-11-7-2)35-22-19-33(20-23-35)34-21-25-37-36-24-18-32(5)30-38(36)40(26-12-8-3,27-13-9-4)39(37)31-34/h18-25,30-31H,6-17,26-29H2,1-5H3. The van der Waals surface area contributed by atoms with Crippen LogP contribution in [-0.4, -0.2) is 13.1 Å². The maximum absolute atomic E-state index is 2.65. The summed E-state index contributed by atoms with van der Waals surface area (Å²) in [4.78, 5) is 2.65. The van der Waals surface area contributed by atoms with Gasteiger partial charge in [0.1, 0.15) is 0 Å². The van der Waals surface area contributed by atoms with E-state index in [-0.39, 0.29) is 5.41 Å². The maximum atomic E-state index is 2.65. The molecule has 0 spiro atoms. The third-order valence-corrected chi connectivity index (χ3v) is 9.56. The molecule has 0 radical (unpaired) electrons. The van der Waals surface area contributed by atoms with Gasteiger partial charge < -0.3 is 4.90 Å². The van der Waals surface area contributed by atoms with Crippen LogP contribution < -0.4 is 4.90 Å². The Kier molecular flexibility index (Phi) is 12.0. The van der Waals surface area contributed by atoms with Crippen LogP contribution in [0.5, 0.6) is 0 Å². The van der Waals surface area contributed by atoms with Gasteiger partial charge in [-0.3, -0.25) is 0 Å². The lowest BCUT2D eigenvalue weighted by atomic mass is 9.70. The molecule has 4 rings (SSSR count). The minimum atomic E-state index is 0.145. The molecule has 0 saturated carbocycles. The molecule has 222 valence electrons. The number of rotatable bonds is 18. The van der Waals surface area contributed by atoms with Gasteiger partial charge in [-0.1, -0.05) is 140 Å². The Labute approximate surface area is 252 Å². The van der Waals surface area contributed by atoms with E-state index in [9.17, 15) is 0 Å². The van der Waals surface area contributed by atoms with Gasteiger partial charge in [-0.2, -0.15) is 0 Å². The van der Waals surface area contributed by atoms with Crippen LogP contribution in [0.3, 0.4) is 0 Å². The van der Waals surface area contributed by atoms with Crippen molar-refractivity contribution in [2.75, 3.05) is 18.0 Å². The predicted octanol–water partition coefficient (Wildman–Crippen LogP) is 12.3. The summed E-state index contributed by atoms with van der Waals surface area (Å²) in [5.74, 6) is 0. The zero-order valence-electron chi connectivity index (χ0n) is 27.0. The quantitative estimate of drug-likeness (QED) is 0.142. The summed E-state index contributed by atoms with van der Waals surface area (Å²) in [5.41, 5.74) is 11.8. The largest absolute Gasteiger partial charge is 0.372 e. The van der Waals surface area contributed by atoms with E-state index in [4.69, 9.17) is 0 Å². The zero-order valence-corrected chi connectivity index (χ0v) is 27.0. The number of unbranched alkanes of at least 4 members (excludes halogenated alkanes) is 8. The molecule has 0 amide bonds. The lowest BCUT2D eigenvalue weighted by Gasteiger charge is -2.33. The van der Waals surface area contributed by atoms with Gasteiger partial charge in [-0.25, -0.2) is 0 Å². The number of nitrogens with zero attached hydrogens (tertiary/aromatic N) is 1. The van der Waals surface area contributed by atoms with Crippen molar-refractivity contribution < 1.29 is 0 Å². The van der Waals surface area contributed by atoms with Crippen LogP contribution in [0.2, 0.25) is 0 Å². The number of hydrogen-bond donors (Lipinski definition) is 0. The molecule has 41 heavy (non-hydrogen) atoms. The first-order chi connectivity index (χ1) is 20.1. The predicted molar refractivity (Wildman–Crippen MR) is 182 cm³/mol. The fourth-order valence-corrected chi connectivity index (χ4v) is 7.10. The minimum Gasteiger partial charge on any atom is -0.372 e. The molecule has 1 nitrogen and oxygen atoms in total. The van der Waals surface area contributed by atoms with Crippen LogP contribution >= 0.6 is 0 Å². The average molecular weight is 552 g/mol. The number of fused-ring (bicyclic) bond motifs is 3. The highest BCUT2D eigenvalue weighted by atomic mass is 15.1. The summed E-state index contributed by atoms with van der Waals surface area (Å²) in [7, 11) is 0. The number of hydrogen-bond acceptors (Lipinski definition) is 1. The monoisotopic (exact) mass is 551 g/mol. The van der Waals surface area contributed by atoms with Crippen LogP contribution in [-0.2, 0) is 5.41 Å². The van der Waals surface area contributed by atoms with Gasteiger partial charge in [0.05, 0.1) is 0 Å². The van der Waals surface area contributed by atoms with Crippen LogP contribution in [0.15, 0.2) is 60.7 Å². The Balaban J connectivity index is 1.64. The van der Waals surface area contributed by atoms with Crippen molar-refractivity contribution in [3.05, 3.63) is 77.4 Å². The van der Waals surface area contributed by atoms with Crippen molar-refractivity contribution >= 4 is 5.69 Å². The molecule has 3 aromatic rings. The van der Waals surface area contributed by atoms with Crippen molar-refractivity contribution in [3.8, 4) is 22.3 Å². The molecule has 0 N–H and O–H groups in total. The normalized spacial score (nSPS) is 13.3. The second kappa shape index (κ2) is 15.6. The Hall–Kier alpha value is -2.54. The smallest absolute Gasteiger partial charge is 0.0366 e. The van der Waals surface area contributed by atoms with Gasteiger partial charge in [0.25, 0.3) is 0 Å². The summed E-state index contributed by atoms with van der Waals surface area (Å²) in [6.45, 7) is 13.9. The second-order valence-electron chi connectivity index (χ2n) is 12.8. The number of benzene rings is 3. The molecule has 0 aromatic heterocycles. The van der Waals surface area contributed by atoms with Gasteiger partial charge in [0.2, 0.25) is 0 Å². The summed E-state index contributed by atoms with van der Waals surface area (Å²) >= 11 is 0. The zero-order chi connectivity index (χ0) is 29.1. The van der Waals surface area contributed by atoms with Gasteiger partial charge in [-0.15, -0.1) is 0 Å². The Morgan fingerprint density at radius 1 is 0.512 bits per heavy atom. The fourth-order valence-electron chi connectivity index (χ4n) is 7.10.